The Balaban J connectivity index is 1.75. The number of aryl methyl sites for hydroxylation is 1. The largest absolute Gasteiger partial charge is 0.362 e. The number of nitrogens with zero attached hydrogens (tertiary/aromatic N) is 3. The lowest BCUT2D eigenvalue weighted by atomic mass is 9.58. The molecule has 1 aromatic carbocycles. The SMILES string of the molecule is CCC1(c2cccc(-c3ccnc(C)c3F)c2)C2=CN=NC2NC2=C1C(=O)CC(C)(C)C2. The molecule has 0 bridgehead atoms. The van der Waals surface area contributed by atoms with E-state index in [-0.39, 0.29) is 23.2 Å². The Morgan fingerprint density at radius 2 is 2.03 bits per heavy atom. The number of Topliss-reactive ketones (excluding diaryl/α,β-unsaturated/α-hetero) is 1. The molecule has 0 saturated heterocycles. The van der Waals surface area contributed by atoms with E-state index in [1.165, 1.54) is 0 Å². The Bertz CT molecular complexity index is 1230. The summed E-state index contributed by atoms with van der Waals surface area (Å²) in [7, 11) is 0. The van der Waals surface area contributed by atoms with Crippen LogP contribution in [0.15, 0.2) is 69.8 Å². The first-order valence-electron chi connectivity index (χ1n) is 11.1. The number of allylic oxidation sites excluding steroid dienone is 2. The third kappa shape index (κ3) is 2.96. The monoisotopic (exact) mass is 430 g/mol. The van der Waals surface area contributed by atoms with E-state index in [0.29, 0.717) is 24.1 Å². The maximum Gasteiger partial charge on any atom is 0.164 e. The number of hydrogen-bond acceptors (Lipinski definition) is 5. The summed E-state index contributed by atoms with van der Waals surface area (Å²) in [6, 6.07) is 9.60. The van der Waals surface area contributed by atoms with Crippen LogP contribution < -0.4 is 5.32 Å². The maximum absolute atomic E-state index is 14.9. The lowest BCUT2D eigenvalue weighted by molar-refractivity contribution is -0.119. The first-order valence-corrected chi connectivity index (χ1v) is 11.1. The minimum Gasteiger partial charge on any atom is -0.362 e. The number of fused-ring (bicyclic) bond motifs is 1. The van der Waals surface area contributed by atoms with Gasteiger partial charge in [-0.2, -0.15) is 10.2 Å². The zero-order valence-corrected chi connectivity index (χ0v) is 18.9. The minimum absolute atomic E-state index is 0.112. The number of ketones is 1. The summed E-state index contributed by atoms with van der Waals surface area (Å²) in [5.41, 5.74) is 4.63. The summed E-state index contributed by atoms with van der Waals surface area (Å²) in [5, 5.41) is 12.1. The number of hydrogen-bond donors (Lipinski definition) is 1. The molecule has 164 valence electrons. The molecule has 0 radical (unpaired) electrons. The van der Waals surface area contributed by atoms with E-state index in [4.69, 9.17) is 0 Å². The highest BCUT2D eigenvalue weighted by Gasteiger charge is 2.52. The highest BCUT2D eigenvalue weighted by molar-refractivity contribution is 6.01. The van der Waals surface area contributed by atoms with Gasteiger partial charge in [0, 0.05) is 35.0 Å². The zero-order valence-electron chi connectivity index (χ0n) is 18.9. The first kappa shape index (κ1) is 20.7. The smallest absolute Gasteiger partial charge is 0.164 e. The Hall–Kier alpha value is -3.15. The molecule has 5 nitrogen and oxygen atoms in total. The third-order valence-corrected chi connectivity index (χ3v) is 7.04. The van der Waals surface area contributed by atoms with Gasteiger partial charge in [0.25, 0.3) is 0 Å². The normalized spacial score (nSPS) is 25.8. The summed E-state index contributed by atoms with van der Waals surface area (Å²) in [6.07, 6.45) is 5.11. The molecule has 32 heavy (non-hydrogen) atoms. The summed E-state index contributed by atoms with van der Waals surface area (Å²) in [5.74, 6) is -0.160. The molecular weight excluding hydrogens is 403 g/mol. The lowest BCUT2D eigenvalue weighted by Gasteiger charge is -2.47. The van der Waals surface area contributed by atoms with Crippen molar-refractivity contribution in [3.05, 3.63) is 76.6 Å². The second-order valence-electron chi connectivity index (χ2n) is 9.75. The molecule has 3 aliphatic rings. The van der Waals surface area contributed by atoms with Crippen LogP contribution in [0.2, 0.25) is 0 Å². The molecule has 3 heterocycles. The van der Waals surface area contributed by atoms with Crippen LogP contribution in [0.4, 0.5) is 4.39 Å². The van der Waals surface area contributed by atoms with E-state index in [1.807, 2.05) is 24.3 Å². The molecule has 1 aliphatic carbocycles. The van der Waals surface area contributed by atoms with Gasteiger partial charge in [-0.1, -0.05) is 39.0 Å². The second kappa shape index (κ2) is 7.19. The van der Waals surface area contributed by atoms with Gasteiger partial charge >= 0.3 is 0 Å². The van der Waals surface area contributed by atoms with Crippen LogP contribution >= 0.6 is 0 Å². The summed E-state index contributed by atoms with van der Waals surface area (Å²) in [4.78, 5) is 17.6. The van der Waals surface area contributed by atoms with Crippen molar-refractivity contribution in [2.75, 3.05) is 0 Å². The van der Waals surface area contributed by atoms with Gasteiger partial charge in [0.15, 0.2) is 17.8 Å². The summed E-state index contributed by atoms with van der Waals surface area (Å²) >= 11 is 0. The van der Waals surface area contributed by atoms with Crippen LogP contribution in [0, 0.1) is 18.2 Å². The third-order valence-electron chi connectivity index (χ3n) is 7.04. The van der Waals surface area contributed by atoms with Crippen molar-refractivity contribution in [2.24, 2.45) is 15.6 Å². The van der Waals surface area contributed by atoms with Gasteiger partial charge in [0.2, 0.25) is 0 Å². The fourth-order valence-electron chi connectivity index (χ4n) is 5.61. The number of rotatable bonds is 3. The predicted octanol–water partition coefficient (Wildman–Crippen LogP) is 5.77. The standard InChI is InChI=1S/C26H27FN4O/c1-5-26(17-8-6-7-16(11-17)18-9-10-28-15(2)23(18)27)19-14-29-31-24(19)30-20-12-25(3,4)13-21(32)22(20)26/h6-11,14,24,30H,5,12-13H2,1-4H3. The summed E-state index contributed by atoms with van der Waals surface area (Å²) in [6.45, 7) is 8.02. The van der Waals surface area contributed by atoms with Gasteiger partial charge in [0.1, 0.15) is 0 Å². The number of benzene rings is 1. The van der Waals surface area contributed by atoms with Crippen LogP contribution in [0.5, 0.6) is 0 Å². The van der Waals surface area contributed by atoms with E-state index in [0.717, 1.165) is 34.4 Å². The fraction of sp³-hybridized carbons (Fsp3) is 0.385. The van der Waals surface area contributed by atoms with Crippen LogP contribution in [-0.4, -0.2) is 16.9 Å². The molecule has 2 aromatic rings. The van der Waals surface area contributed by atoms with Crippen LogP contribution in [0.1, 0.15) is 51.3 Å². The molecule has 6 heteroatoms. The topological polar surface area (TPSA) is 66.7 Å². The number of aromatic nitrogens is 1. The lowest BCUT2D eigenvalue weighted by Crippen LogP contribution is -2.51. The molecule has 0 spiro atoms. The predicted molar refractivity (Wildman–Crippen MR) is 121 cm³/mol. The average Bonchev–Trinajstić information content (AvgIpc) is 3.22. The molecule has 2 unspecified atom stereocenters. The van der Waals surface area contributed by atoms with Gasteiger partial charge in [-0.25, -0.2) is 4.39 Å². The van der Waals surface area contributed by atoms with E-state index >= 15 is 0 Å². The van der Waals surface area contributed by atoms with Crippen molar-refractivity contribution < 1.29 is 9.18 Å². The van der Waals surface area contributed by atoms with Crippen LogP contribution in [-0.2, 0) is 10.2 Å². The molecule has 0 amide bonds. The fourth-order valence-corrected chi connectivity index (χ4v) is 5.61. The Labute approximate surface area is 187 Å². The van der Waals surface area contributed by atoms with E-state index in [1.54, 1.807) is 25.4 Å². The number of carbonyl (C=O) groups is 1. The highest BCUT2D eigenvalue weighted by Crippen LogP contribution is 2.54. The van der Waals surface area contributed by atoms with Crippen molar-refractivity contribution in [1.29, 1.82) is 0 Å². The second-order valence-corrected chi connectivity index (χ2v) is 9.75. The van der Waals surface area contributed by atoms with Crippen molar-refractivity contribution in [1.82, 2.24) is 10.3 Å². The number of carbonyl (C=O) groups excluding carboxylic acids is 1. The summed E-state index contributed by atoms with van der Waals surface area (Å²) < 4.78 is 14.9. The molecular formula is C26H27FN4O. The van der Waals surface area contributed by atoms with Crippen molar-refractivity contribution in [3.63, 3.8) is 0 Å². The van der Waals surface area contributed by atoms with Crippen LogP contribution in [0.3, 0.4) is 0 Å². The molecule has 1 N–H and O–H groups in total. The van der Waals surface area contributed by atoms with Crippen molar-refractivity contribution in [2.45, 2.75) is 58.5 Å². The van der Waals surface area contributed by atoms with E-state index in [9.17, 15) is 9.18 Å². The molecule has 5 rings (SSSR count). The molecule has 1 aromatic heterocycles. The Morgan fingerprint density at radius 1 is 1.22 bits per heavy atom. The number of azo groups is 1. The van der Waals surface area contributed by atoms with Gasteiger partial charge in [0.05, 0.1) is 17.3 Å². The zero-order chi connectivity index (χ0) is 22.7. The first-order chi connectivity index (χ1) is 15.3. The number of halogens is 1. The van der Waals surface area contributed by atoms with Gasteiger partial charge in [-0.3, -0.25) is 9.78 Å². The van der Waals surface area contributed by atoms with Crippen molar-refractivity contribution in [3.8, 4) is 11.1 Å². The molecule has 0 fully saturated rings. The Kier molecular flexibility index (Phi) is 4.66. The number of pyridine rings is 1. The minimum atomic E-state index is -0.642. The quantitative estimate of drug-likeness (QED) is 0.673. The van der Waals surface area contributed by atoms with Crippen molar-refractivity contribution >= 4 is 5.78 Å². The highest BCUT2D eigenvalue weighted by atomic mass is 19.1. The molecule has 2 atom stereocenters. The van der Waals surface area contributed by atoms with E-state index < -0.39 is 5.41 Å². The molecule has 0 saturated carbocycles. The molecule has 2 aliphatic heterocycles. The van der Waals surface area contributed by atoms with Gasteiger partial charge in [-0.15, -0.1) is 0 Å². The number of nitrogens with one attached hydrogen (secondary N) is 1. The average molecular weight is 431 g/mol. The van der Waals surface area contributed by atoms with Crippen LogP contribution in [0.25, 0.3) is 11.1 Å². The van der Waals surface area contributed by atoms with Gasteiger partial charge in [-0.05, 0) is 48.4 Å². The maximum atomic E-state index is 14.9. The van der Waals surface area contributed by atoms with E-state index in [2.05, 4.69) is 41.3 Å². The van der Waals surface area contributed by atoms with Gasteiger partial charge < -0.3 is 5.32 Å². The Morgan fingerprint density at radius 3 is 2.81 bits per heavy atom.